The lowest BCUT2D eigenvalue weighted by molar-refractivity contribution is -0.274. The summed E-state index contributed by atoms with van der Waals surface area (Å²) in [6.07, 6.45) is -8.25. The van der Waals surface area contributed by atoms with Gasteiger partial charge in [-0.2, -0.15) is 13.2 Å². The lowest BCUT2D eigenvalue weighted by Crippen LogP contribution is -2.47. The number of alkyl halides is 6. The van der Waals surface area contributed by atoms with Gasteiger partial charge in [-0.3, -0.25) is 15.1 Å². The van der Waals surface area contributed by atoms with E-state index in [0.29, 0.717) is 11.1 Å². The Morgan fingerprint density at radius 1 is 0.974 bits per heavy atom. The molecule has 2 atom stereocenters. The number of nitrogens with zero attached hydrogens (tertiary/aromatic N) is 2. The van der Waals surface area contributed by atoms with Crippen molar-refractivity contribution in [1.82, 2.24) is 10.3 Å². The van der Waals surface area contributed by atoms with Crippen LogP contribution in [0, 0.1) is 5.82 Å². The Morgan fingerprint density at radius 2 is 1.66 bits per heavy atom. The van der Waals surface area contributed by atoms with E-state index in [4.69, 9.17) is 0 Å². The molecule has 0 spiro atoms. The quantitative estimate of drug-likeness (QED) is 0.362. The first-order chi connectivity index (χ1) is 17.6. The molecule has 2 aromatic carbocycles. The average molecular weight is 541 g/mol. The van der Waals surface area contributed by atoms with Gasteiger partial charge < -0.3 is 9.64 Å². The Hall–Kier alpha value is -3.67. The van der Waals surface area contributed by atoms with Crippen LogP contribution in [0.15, 0.2) is 66.9 Å². The SMILES string of the molecule is CC(C)(N[C@H]1C[C@H](c2cccc(F)c2)N(c2ccc(OC(F)(F)F)cc2)C1=O)c1ccc(C(F)(F)F)nc1. The summed E-state index contributed by atoms with van der Waals surface area (Å²) in [6.45, 7) is 3.35. The second-order valence-electron chi connectivity index (χ2n) is 9.31. The number of pyridine rings is 1. The van der Waals surface area contributed by atoms with Crippen LogP contribution >= 0.6 is 0 Å². The van der Waals surface area contributed by atoms with Gasteiger partial charge in [-0.25, -0.2) is 4.39 Å². The molecule has 12 heteroatoms. The molecule has 1 aliphatic rings. The van der Waals surface area contributed by atoms with Crippen LogP contribution in [0.1, 0.15) is 43.1 Å². The van der Waals surface area contributed by atoms with Gasteiger partial charge in [-0.1, -0.05) is 18.2 Å². The third-order valence-corrected chi connectivity index (χ3v) is 6.20. The van der Waals surface area contributed by atoms with Crippen LogP contribution in [0.2, 0.25) is 0 Å². The molecule has 5 nitrogen and oxygen atoms in total. The first-order valence-corrected chi connectivity index (χ1v) is 11.4. The van der Waals surface area contributed by atoms with Gasteiger partial charge in [0.05, 0.1) is 12.1 Å². The van der Waals surface area contributed by atoms with E-state index in [9.17, 15) is 35.5 Å². The van der Waals surface area contributed by atoms with Gasteiger partial charge >= 0.3 is 12.5 Å². The Morgan fingerprint density at radius 3 is 2.21 bits per heavy atom. The fourth-order valence-electron chi connectivity index (χ4n) is 4.44. The molecular formula is C26H22F7N3O2. The van der Waals surface area contributed by atoms with E-state index in [1.165, 1.54) is 41.3 Å². The van der Waals surface area contributed by atoms with Crippen molar-refractivity contribution in [2.24, 2.45) is 0 Å². The summed E-state index contributed by atoms with van der Waals surface area (Å²) in [5.74, 6) is -1.45. The number of ether oxygens (including phenoxy) is 1. The van der Waals surface area contributed by atoms with Crippen LogP contribution in [0.25, 0.3) is 0 Å². The summed E-state index contributed by atoms with van der Waals surface area (Å²) in [5.41, 5.74) is -0.925. The summed E-state index contributed by atoms with van der Waals surface area (Å²) in [6, 6.07) is 10.9. The molecule has 4 rings (SSSR count). The Balaban J connectivity index is 1.63. The van der Waals surface area contributed by atoms with E-state index < -0.39 is 53.3 Å². The topological polar surface area (TPSA) is 54.5 Å². The highest BCUT2D eigenvalue weighted by atomic mass is 19.4. The maximum atomic E-state index is 14.0. The van der Waals surface area contributed by atoms with E-state index in [1.807, 2.05) is 0 Å². The van der Waals surface area contributed by atoms with Crippen molar-refractivity contribution >= 4 is 11.6 Å². The van der Waals surface area contributed by atoms with E-state index in [-0.39, 0.29) is 12.1 Å². The zero-order chi connectivity index (χ0) is 27.9. The van der Waals surface area contributed by atoms with Crippen LogP contribution in [-0.2, 0) is 16.5 Å². The van der Waals surface area contributed by atoms with Gasteiger partial charge in [0.1, 0.15) is 17.3 Å². The van der Waals surface area contributed by atoms with Crippen molar-refractivity contribution < 1.29 is 40.3 Å². The third kappa shape index (κ3) is 6.07. The molecule has 0 saturated carbocycles. The maximum Gasteiger partial charge on any atom is 0.573 e. The number of carbonyl (C=O) groups excluding carboxylic acids is 1. The predicted octanol–water partition coefficient (Wildman–Crippen LogP) is 6.51. The lowest BCUT2D eigenvalue weighted by Gasteiger charge is -2.30. The van der Waals surface area contributed by atoms with Crippen LogP contribution in [0.4, 0.5) is 36.4 Å². The molecule has 1 aliphatic heterocycles. The number of benzene rings is 2. The van der Waals surface area contributed by atoms with Crippen molar-refractivity contribution in [2.75, 3.05) is 4.90 Å². The van der Waals surface area contributed by atoms with Crippen molar-refractivity contribution in [3.8, 4) is 5.75 Å². The number of aromatic nitrogens is 1. The van der Waals surface area contributed by atoms with Gasteiger partial charge in [0.25, 0.3) is 0 Å². The van der Waals surface area contributed by atoms with E-state index in [1.54, 1.807) is 19.9 Å². The standard InChI is InChI=1S/C26H22F7N3O2/c1-24(2,16-6-11-22(34-14-16)25(28,29)30)35-20-13-21(15-4-3-5-17(27)12-15)36(23(20)37)18-7-9-19(10-8-18)38-26(31,32)33/h3-12,14,20-21,35H,13H2,1-2H3/t20-,21+/m0/s1. The molecule has 1 fully saturated rings. The van der Waals surface area contributed by atoms with E-state index in [2.05, 4.69) is 15.0 Å². The first-order valence-electron chi connectivity index (χ1n) is 11.4. The number of carbonyl (C=O) groups is 1. The zero-order valence-electron chi connectivity index (χ0n) is 20.1. The Labute approximate surface area is 213 Å². The number of rotatable bonds is 6. The number of amides is 1. The maximum absolute atomic E-state index is 14.0. The van der Waals surface area contributed by atoms with Crippen molar-refractivity contribution in [3.05, 3.63) is 89.5 Å². The number of hydrogen-bond acceptors (Lipinski definition) is 4. The number of halogens is 7. The Kier molecular flexibility index (Phi) is 7.13. The summed E-state index contributed by atoms with van der Waals surface area (Å²) in [7, 11) is 0. The average Bonchev–Trinajstić information content (AvgIpc) is 3.13. The molecule has 1 amide bonds. The van der Waals surface area contributed by atoms with Gasteiger partial charge in [-0.15, -0.1) is 13.2 Å². The molecule has 0 bridgehead atoms. The second-order valence-corrected chi connectivity index (χ2v) is 9.31. The molecular weight excluding hydrogens is 519 g/mol. The summed E-state index contributed by atoms with van der Waals surface area (Å²) in [5, 5.41) is 3.16. The molecule has 1 saturated heterocycles. The summed E-state index contributed by atoms with van der Waals surface area (Å²) >= 11 is 0. The van der Waals surface area contributed by atoms with Gasteiger partial charge in [0, 0.05) is 17.4 Å². The monoisotopic (exact) mass is 541 g/mol. The lowest BCUT2D eigenvalue weighted by atomic mass is 9.93. The highest BCUT2D eigenvalue weighted by molar-refractivity contribution is 6.00. The minimum Gasteiger partial charge on any atom is -0.406 e. The van der Waals surface area contributed by atoms with Crippen LogP contribution in [0.3, 0.4) is 0 Å². The summed E-state index contributed by atoms with van der Waals surface area (Å²) in [4.78, 5) is 18.4. The van der Waals surface area contributed by atoms with E-state index in [0.717, 1.165) is 24.4 Å². The minimum absolute atomic E-state index is 0.153. The largest absolute Gasteiger partial charge is 0.573 e. The minimum atomic E-state index is -4.89. The number of nitrogens with one attached hydrogen (secondary N) is 1. The fourth-order valence-corrected chi connectivity index (χ4v) is 4.44. The smallest absolute Gasteiger partial charge is 0.406 e. The third-order valence-electron chi connectivity index (χ3n) is 6.20. The van der Waals surface area contributed by atoms with E-state index >= 15 is 0 Å². The highest BCUT2D eigenvalue weighted by Crippen LogP contribution is 2.40. The molecule has 1 N–H and O–H groups in total. The molecule has 202 valence electrons. The zero-order valence-corrected chi connectivity index (χ0v) is 20.1. The van der Waals surface area contributed by atoms with Crippen LogP contribution < -0.4 is 15.0 Å². The first kappa shape index (κ1) is 27.4. The van der Waals surface area contributed by atoms with Gasteiger partial charge in [-0.05, 0) is 73.9 Å². The van der Waals surface area contributed by atoms with Gasteiger partial charge in [0.2, 0.25) is 5.91 Å². The van der Waals surface area contributed by atoms with Crippen molar-refractivity contribution in [3.63, 3.8) is 0 Å². The van der Waals surface area contributed by atoms with Crippen molar-refractivity contribution in [1.29, 1.82) is 0 Å². The number of anilines is 1. The predicted molar refractivity (Wildman–Crippen MR) is 124 cm³/mol. The molecule has 2 heterocycles. The molecule has 3 aromatic rings. The normalized spacial score (nSPS) is 18.7. The molecule has 0 radical (unpaired) electrons. The fraction of sp³-hybridized carbons (Fsp3) is 0.308. The van der Waals surface area contributed by atoms with Gasteiger partial charge in [0.15, 0.2) is 0 Å². The second kappa shape index (κ2) is 9.90. The van der Waals surface area contributed by atoms with Crippen LogP contribution in [-0.4, -0.2) is 23.3 Å². The molecule has 38 heavy (non-hydrogen) atoms. The number of hydrogen-bond donors (Lipinski definition) is 1. The Bertz CT molecular complexity index is 1290. The molecule has 0 unspecified atom stereocenters. The summed E-state index contributed by atoms with van der Waals surface area (Å²) < 4.78 is 94.4. The van der Waals surface area contributed by atoms with Crippen molar-refractivity contribution in [2.45, 2.75) is 50.4 Å². The highest BCUT2D eigenvalue weighted by Gasteiger charge is 2.44. The molecule has 1 aromatic heterocycles. The molecule has 0 aliphatic carbocycles. The van der Waals surface area contributed by atoms with Crippen LogP contribution in [0.5, 0.6) is 5.75 Å².